The van der Waals surface area contributed by atoms with E-state index in [0.29, 0.717) is 5.92 Å². The average Bonchev–Trinajstić information content (AvgIpc) is 3.11. The van der Waals surface area contributed by atoms with E-state index < -0.39 is 0 Å². The van der Waals surface area contributed by atoms with Gasteiger partial charge in [0.05, 0.1) is 11.4 Å². The van der Waals surface area contributed by atoms with E-state index in [4.69, 9.17) is 5.10 Å². The molecule has 1 aliphatic rings. The molecule has 0 amide bonds. The molecule has 21 heavy (non-hydrogen) atoms. The van der Waals surface area contributed by atoms with Crippen LogP contribution in [0.3, 0.4) is 0 Å². The van der Waals surface area contributed by atoms with Gasteiger partial charge in [0, 0.05) is 17.3 Å². The molecule has 0 bridgehead atoms. The highest BCUT2D eigenvalue weighted by molar-refractivity contribution is 5.64. The Kier molecular flexibility index (Phi) is 2.88. The molecule has 2 aromatic carbocycles. The quantitative estimate of drug-likeness (QED) is 0.679. The van der Waals surface area contributed by atoms with Crippen LogP contribution >= 0.6 is 0 Å². The van der Waals surface area contributed by atoms with Gasteiger partial charge in [-0.15, -0.1) is 0 Å². The van der Waals surface area contributed by atoms with Gasteiger partial charge in [-0.3, -0.25) is 0 Å². The summed E-state index contributed by atoms with van der Waals surface area (Å²) < 4.78 is 2.02. The van der Waals surface area contributed by atoms with Gasteiger partial charge in [0.2, 0.25) is 0 Å². The molecule has 0 unspecified atom stereocenters. The van der Waals surface area contributed by atoms with Crippen LogP contribution in [-0.4, -0.2) is 9.78 Å². The van der Waals surface area contributed by atoms with E-state index in [0.717, 1.165) is 17.3 Å². The Morgan fingerprint density at radius 2 is 1.57 bits per heavy atom. The fourth-order valence-electron chi connectivity index (χ4n) is 2.95. The lowest BCUT2D eigenvalue weighted by Crippen LogP contribution is -1.93. The molecule has 2 nitrogen and oxygen atoms in total. The van der Waals surface area contributed by atoms with Crippen LogP contribution in [-0.2, 0) is 0 Å². The van der Waals surface area contributed by atoms with Crippen molar-refractivity contribution >= 4 is 0 Å². The third-order valence-electron chi connectivity index (χ3n) is 4.32. The maximum absolute atomic E-state index is 4.86. The van der Waals surface area contributed by atoms with E-state index in [1.165, 1.54) is 17.5 Å². The van der Waals surface area contributed by atoms with Crippen LogP contribution in [0.5, 0.6) is 0 Å². The van der Waals surface area contributed by atoms with Crippen molar-refractivity contribution in [2.24, 2.45) is 5.92 Å². The van der Waals surface area contributed by atoms with Crippen molar-refractivity contribution in [1.82, 2.24) is 9.78 Å². The number of hydrogen-bond acceptors (Lipinski definition) is 1. The Bertz CT molecular complexity index is 744. The van der Waals surface area contributed by atoms with E-state index in [2.05, 4.69) is 67.7 Å². The van der Waals surface area contributed by atoms with Crippen LogP contribution in [0.1, 0.15) is 24.8 Å². The van der Waals surface area contributed by atoms with Crippen molar-refractivity contribution in [2.45, 2.75) is 19.3 Å². The first-order valence-electron chi connectivity index (χ1n) is 7.53. The van der Waals surface area contributed by atoms with Crippen molar-refractivity contribution in [2.75, 3.05) is 0 Å². The Morgan fingerprint density at radius 1 is 0.952 bits per heavy atom. The summed E-state index contributed by atoms with van der Waals surface area (Å²) in [6, 6.07) is 20.9. The fraction of sp³-hybridized carbons (Fsp3) is 0.211. The summed E-state index contributed by atoms with van der Waals surface area (Å²) in [4.78, 5) is 0. The minimum atomic E-state index is 0.665. The molecule has 0 saturated heterocycles. The molecule has 104 valence electrons. The van der Waals surface area contributed by atoms with Crippen molar-refractivity contribution < 1.29 is 0 Å². The normalized spacial score (nSPS) is 20.4. The van der Waals surface area contributed by atoms with E-state index in [1.807, 2.05) is 10.7 Å². The predicted molar refractivity (Wildman–Crippen MR) is 85.5 cm³/mol. The molecule has 0 spiro atoms. The molecular formula is C19H18N2. The molecule has 2 atom stereocenters. The molecule has 1 fully saturated rings. The minimum absolute atomic E-state index is 0.665. The Morgan fingerprint density at radius 3 is 2.19 bits per heavy atom. The predicted octanol–water partition coefficient (Wildman–Crippen LogP) is 4.66. The third-order valence-corrected chi connectivity index (χ3v) is 4.32. The lowest BCUT2D eigenvalue weighted by Gasteiger charge is -2.00. The second-order valence-electron chi connectivity index (χ2n) is 5.90. The number of benzene rings is 2. The first-order valence-corrected chi connectivity index (χ1v) is 7.53. The zero-order chi connectivity index (χ0) is 14.2. The molecular weight excluding hydrogens is 256 g/mol. The highest BCUT2D eigenvalue weighted by Gasteiger charge is 2.37. The summed E-state index contributed by atoms with van der Waals surface area (Å²) in [5.41, 5.74) is 4.85. The zero-order valence-electron chi connectivity index (χ0n) is 12.1. The maximum Gasteiger partial charge on any atom is 0.0962 e. The van der Waals surface area contributed by atoms with Gasteiger partial charge >= 0.3 is 0 Å². The van der Waals surface area contributed by atoms with E-state index >= 15 is 0 Å². The second-order valence-corrected chi connectivity index (χ2v) is 5.90. The standard InChI is InChI=1S/C19H18N2/c1-14-12-17(14)18-13-21(16-10-6-3-7-11-16)20-19(18)15-8-4-2-5-9-15/h2-11,13-14,17H,12H2,1H3/t14-,17-/m0/s1. The molecule has 0 aliphatic heterocycles. The Labute approximate surface area is 125 Å². The van der Waals surface area contributed by atoms with Gasteiger partial charge in [-0.2, -0.15) is 5.10 Å². The Hall–Kier alpha value is -2.35. The highest BCUT2D eigenvalue weighted by Crippen LogP contribution is 2.49. The summed E-state index contributed by atoms with van der Waals surface area (Å²) in [6.45, 7) is 2.32. The lowest BCUT2D eigenvalue weighted by atomic mass is 10.0. The van der Waals surface area contributed by atoms with Gasteiger partial charge in [0.15, 0.2) is 0 Å². The van der Waals surface area contributed by atoms with E-state index in [9.17, 15) is 0 Å². The van der Waals surface area contributed by atoms with Gasteiger partial charge in [-0.05, 0) is 30.4 Å². The smallest absolute Gasteiger partial charge is 0.0962 e. The fourth-order valence-corrected chi connectivity index (χ4v) is 2.95. The van der Waals surface area contributed by atoms with E-state index in [1.54, 1.807) is 0 Å². The number of nitrogens with zero attached hydrogens (tertiary/aromatic N) is 2. The van der Waals surface area contributed by atoms with Gasteiger partial charge in [0.25, 0.3) is 0 Å². The number of hydrogen-bond donors (Lipinski definition) is 0. The zero-order valence-corrected chi connectivity index (χ0v) is 12.1. The molecule has 1 saturated carbocycles. The SMILES string of the molecule is C[C@H]1C[C@@H]1c1cn(-c2ccccc2)nc1-c1ccccc1. The molecule has 3 aromatic rings. The first kappa shape index (κ1) is 12.4. The second kappa shape index (κ2) is 4.88. The lowest BCUT2D eigenvalue weighted by molar-refractivity contribution is 0.880. The number of para-hydroxylation sites is 1. The monoisotopic (exact) mass is 274 g/mol. The molecule has 1 aliphatic carbocycles. The van der Waals surface area contributed by atoms with Crippen molar-refractivity contribution in [1.29, 1.82) is 0 Å². The Balaban J connectivity index is 1.83. The van der Waals surface area contributed by atoms with Crippen LogP contribution in [0, 0.1) is 5.92 Å². The van der Waals surface area contributed by atoms with Gasteiger partial charge in [-0.25, -0.2) is 4.68 Å². The summed E-state index contributed by atoms with van der Waals surface area (Å²) in [6.07, 6.45) is 3.49. The molecule has 0 N–H and O–H groups in total. The molecule has 4 rings (SSSR count). The van der Waals surface area contributed by atoms with Crippen LogP contribution in [0.2, 0.25) is 0 Å². The summed E-state index contributed by atoms with van der Waals surface area (Å²) in [5, 5.41) is 4.86. The van der Waals surface area contributed by atoms with Crippen LogP contribution in [0.15, 0.2) is 66.9 Å². The van der Waals surface area contributed by atoms with Crippen molar-refractivity contribution in [3.63, 3.8) is 0 Å². The van der Waals surface area contributed by atoms with Crippen LogP contribution in [0.25, 0.3) is 16.9 Å². The summed E-state index contributed by atoms with van der Waals surface area (Å²) in [5.74, 6) is 1.44. The van der Waals surface area contributed by atoms with Crippen LogP contribution < -0.4 is 0 Å². The minimum Gasteiger partial charge on any atom is -0.240 e. The summed E-state index contributed by atoms with van der Waals surface area (Å²) >= 11 is 0. The summed E-state index contributed by atoms with van der Waals surface area (Å²) in [7, 11) is 0. The highest BCUT2D eigenvalue weighted by atomic mass is 15.3. The molecule has 1 heterocycles. The number of aromatic nitrogens is 2. The van der Waals surface area contributed by atoms with Crippen molar-refractivity contribution in [3.8, 4) is 16.9 Å². The average molecular weight is 274 g/mol. The third kappa shape index (κ3) is 2.27. The maximum atomic E-state index is 4.86. The topological polar surface area (TPSA) is 17.8 Å². The molecule has 2 heteroatoms. The number of rotatable bonds is 3. The molecule has 0 radical (unpaired) electrons. The van der Waals surface area contributed by atoms with Gasteiger partial charge in [0.1, 0.15) is 0 Å². The van der Waals surface area contributed by atoms with Crippen molar-refractivity contribution in [3.05, 3.63) is 72.4 Å². The largest absolute Gasteiger partial charge is 0.240 e. The first-order chi connectivity index (χ1) is 10.3. The van der Waals surface area contributed by atoms with Crippen LogP contribution in [0.4, 0.5) is 0 Å². The van der Waals surface area contributed by atoms with E-state index in [-0.39, 0.29) is 0 Å². The molecule has 1 aromatic heterocycles. The van der Waals surface area contributed by atoms with Gasteiger partial charge in [-0.1, -0.05) is 55.5 Å². The van der Waals surface area contributed by atoms with Gasteiger partial charge < -0.3 is 0 Å².